The molecule has 1 aromatic heterocycles. The smallest absolute Gasteiger partial charge is 0.338 e. The maximum atomic E-state index is 13.4. The molecule has 0 aliphatic carbocycles. The summed E-state index contributed by atoms with van der Waals surface area (Å²) in [6, 6.07) is 18.2. The zero-order valence-corrected chi connectivity index (χ0v) is 27.9. The van der Waals surface area contributed by atoms with Gasteiger partial charge in [-0.3, -0.25) is 0 Å². The van der Waals surface area contributed by atoms with Crippen LogP contribution in [0.3, 0.4) is 0 Å². The lowest BCUT2D eigenvalue weighted by atomic mass is 9.95. The second-order valence-corrected chi connectivity index (χ2v) is 12.3. The lowest BCUT2D eigenvalue weighted by molar-refractivity contribution is -0.138. The van der Waals surface area contributed by atoms with Crippen molar-refractivity contribution in [1.29, 1.82) is 0 Å². The monoisotopic (exact) mass is 714 g/mol. The van der Waals surface area contributed by atoms with E-state index in [1.165, 1.54) is 17.8 Å². The Kier molecular flexibility index (Phi) is 10.6. The molecule has 0 amide bonds. The van der Waals surface area contributed by atoms with Crippen LogP contribution in [0.5, 0.6) is 11.5 Å². The Bertz CT molecular complexity index is 1710. The zero-order chi connectivity index (χ0) is 31.2. The van der Waals surface area contributed by atoms with Crippen LogP contribution in [0.25, 0.3) is 0 Å². The minimum Gasteiger partial charge on any atom is -0.490 e. The largest absolute Gasteiger partial charge is 0.490 e. The van der Waals surface area contributed by atoms with E-state index in [1.807, 2.05) is 74.5 Å². The third kappa shape index (κ3) is 7.26. The summed E-state index contributed by atoms with van der Waals surface area (Å²) in [6.07, 6.45) is 1.53. The third-order valence-corrected chi connectivity index (χ3v) is 8.74. The van der Waals surface area contributed by atoms with Gasteiger partial charge in [-0.1, -0.05) is 78.0 Å². The van der Waals surface area contributed by atoms with Crippen molar-refractivity contribution in [2.45, 2.75) is 37.4 Å². The summed E-state index contributed by atoms with van der Waals surface area (Å²) in [5.74, 6) is 1.62. The third-order valence-electron chi connectivity index (χ3n) is 6.64. The molecule has 3 aromatic carbocycles. The number of hydrogen-bond acceptors (Lipinski definition) is 8. The normalized spacial score (nSPS) is 14.1. The van der Waals surface area contributed by atoms with Crippen molar-refractivity contribution in [1.82, 2.24) is 14.8 Å². The van der Waals surface area contributed by atoms with Gasteiger partial charge in [-0.05, 0) is 76.8 Å². The number of nitrogens with zero attached hydrogens (tertiary/aromatic N) is 3. The summed E-state index contributed by atoms with van der Waals surface area (Å²) in [4.78, 5) is 18.2. The van der Waals surface area contributed by atoms with Crippen molar-refractivity contribution in [2.75, 3.05) is 18.5 Å². The van der Waals surface area contributed by atoms with Crippen molar-refractivity contribution < 1.29 is 19.0 Å². The zero-order valence-electron chi connectivity index (χ0n) is 24.0. The SMILES string of the molecule is C=CCOC(=O)C1=C(C)Nc2nc(SCc3ccccc3Cl)nn2C1c1cc(Br)c(OCc2ccc(Cl)cc2)c(OCC)c1. The molecule has 1 unspecified atom stereocenters. The molecule has 0 radical (unpaired) electrons. The van der Waals surface area contributed by atoms with E-state index in [9.17, 15) is 4.79 Å². The molecule has 0 bridgehead atoms. The number of benzene rings is 3. The van der Waals surface area contributed by atoms with Crippen LogP contribution >= 0.6 is 50.9 Å². The van der Waals surface area contributed by atoms with Gasteiger partial charge >= 0.3 is 5.97 Å². The second kappa shape index (κ2) is 14.6. The molecule has 1 aliphatic heterocycles. The molecule has 5 rings (SSSR count). The summed E-state index contributed by atoms with van der Waals surface area (Å²) in [6.45, 7) is 8.16. The predicted molar refractivity (Wildman–Crippen MR) is 178 cm³/mol. The van der Waals surface area contributed by atoms with E-state index in [2.05, 4.69) is 27.8 Å². The van der Waals surface area contributed by atoms with E-state index in [0.717, 1.165) is 16.7 Å². The number of carbonyl (C=O) groups is 1. The van der Waals surface area contributed by atoms with Gasteiger partial charge in [0.1, 0.15) is 19.3 Å². The molecule has 44 heavy (non-hydrogen) atoms. The number of esters is 1. The maximum Gasteiger partial charge on any atom is 0.338 e. The Morgan fingerprint density at radius 1 is 1.16 bits per heavy atom. The number of halogens is 3. The molecule has 2 heterocycles. The lowest BCUT2D eigenvalue weighted by Gasteiger charge is -2.29. The van der Waals surface area contributed by atoms with E-state index >= 15 is 0 Å². The number of aromatic nitrogens is 3. The summed E-state index contributed by atoms with van der Waals surface area (Å²) in [5, 5.41) is 9.90. The Morgan fingerprint density at radius 3 is 2.66 bits per heavy atom. The number of allylic oxidation sites excluding steroid dienone is 1. The maximum absolute atomic E-state index is 13.4. The van der Waals surface area contributed by atoms with Crippen LogP contribution in [0.4, 0.5) is 5.95 Å². The highest BCUT2D eigenvalue weighted by molar-refractivity contribution is 9.10. The Morgan fingerprint density at radius 2 is 1.93 bits per heavy atom. The number of rotatable bonds is 12. The lowest BCUT2D eigenvalue weighted by Crippen LogP contribution is -2.29. The van der Waals surface area contributed by atoms with Crippen molar-refractivity contribution in [3.8, 4) is 11.5 Å². The van der Waals surface area contributed by atoms with Crippen LogP contribution in [0.1, 0.15) is 36.6 Å². The molecule has 12 heteroatoms. The summed E-state index contributed by atoms with van der Waals surface area (Å²) in [7, 11) is 0. The first kappa shape index (κ1) is 32.0. The molecular weight excluding hydrogens is 687 g/mol. The van der Waals surface area contributed by atoms with E-state index in [0.29, 0.717) is 67.4 Å². The van der Waals surface area contributed by atoms with E-state index in [4.69, 9.17) is 47.5 Å². The van der Waals surface area contributed by atoms with Crippen molar-refractivity contribution in [3.63, 3.8) is 0 Å². The first-order valence-corrected chi connectivity index (χ1v) is 16.2. The number of carbonyl (C=O) groups excluding carboxylic acids is 1. The molecule has 4 aromatic rings. The van der Waals surface area contributed by atoms with Gasteiger partial charge in [-0.15, -0.1) is 5.10 Å². The van der Waals surface area contributed by atoms with Gasteiger partial charge in [0, 0.05) is 21.5 Å². The highest BCUT2D eigenvalue weighted by Crippen LogP contribution is 2.44. The topological polar surface area (TPSA) is 87.5 Å². The predicted octanol–water partition coefficient (Wildman–Crippen LogP) is 8.64. The summed E-state index contributed by atoms with van der Waals surface area (Å²) in [5.41, 5.74) is 3.63. The number of fused-ring (bicyclic) bond motifs is 1. The van der Waals surface area contributed by atoms with Crippen molar-refractivity contribution in [2.24, 2.45) is 0 Å². The standard InChI is InChI=1S/C32H29BrCl2N4O4S/c1-4-14-42-30(40)27-19(3)36-31-37-32(44-18-21-8-6-7-9-25(21)35)38-39(31)28(27)22-15-24(33)29(26(16-22)41-5-2)43-17-20-10-12-23(34)13-11-20/h4,6-13,15-16,28H,1,5,14,17-18H2,2-3H3,(H,36,37,38). The van der Waals surface area contributed by atoms with Crippen molar-refractivity contribution in [3.05, 3.63) is 116 Å². The van der Waals surface area contributed by atoms with Crippen molar-refractivity contribution >= 4 is 62.8 Å². The summed E-state index contributed by atoms with van der Waals surface area (Å²) < 4.78 is 20.1. The fourth-order valence-corrected chi connectivity index (χ4v) is 6.44. The fourth-order valence-electron chi connectivity index (χ4n) is 4.62. The number of anilines is 1. The summed E-state index contributed by atoms with van der Waals surface area (Å²) >= 11 is 17.5. The first-order chi connectivity index (χ1) is 21.3. The number of nitrogens with one attached hydrogen (secondary N) is 1. The van der Waals surface area contributed by atoms with Gasteiger partial charge in [-0.25, -0.2) is 9.48 Å². The molecule has 0 fully saturated rings. The van der Waals surface area contributed by atoms with E-state index in [-0.39, 0.29) is 6.61 Å². The van der Waals surface area contributed by atoms with Crippen LogP contribution in [0.2, 0.25) is 10.0 Å². The first-order valence-electron chi connectivity index (χ1n) is 13.7. The Balaban J connectivity index is 1.52. The molecule has 0 spiro atoms. The van der Waals surface area contributed by atoms with Crippen LogP contribution in [0.15, 0.2) is 94.2 Å². The molecule has 0 saturated heterocycles. The van der Waals surface area contributed by atoms with Crippen LogP contribution < -0.4 is 14.8 Å². The number of ether oxygens (including phenoxy) is 3. The highest BCUT2D eigenvalue weighted by atomic mass is 79.9. The highest BCUT2D eigenvalue weighted by Gasteiger charge is 2.36. The van der Waals surface area contributed by atoms with Crippen LogP contribution in [-0.4, -0.2) is 33.9 Å². The van der Waals surface area contributed by atoms with Gasteiger partial charge in [-0.2, -0.15) is 4.98 Å². The molecule has 1 aliphatic rings. The number of thioether (sulfide) groups is 1. The average molecular weight is 716 g/mol. The second-order valence-electron chi connectivity index (χ2n) is 9.67. The van der Waals surface area contributed by atoms with Gasteiger partial charge < -0.3 is 19.5 Å². The van der Waals surface area contributed by atoms with Crippen LogP contribution in [0, 0.1) is 0 Å². The quantitative estimate of drug-likeness (QED) is 0.0887. The molecule has 1 atom stereocenters. The minimum atomic E-state index is -0.674. The Hall–Kier alpha value is -3.44. The van der Waals surface area contributed by atoms with Gasteiger partial charge in [0.05, 0.1) is 16.7 Å². The van der Waals surface area contributed by atoms with E-state index < -0.39 is 12.0 Å². The van der Waals surface area contributed by atoms with Gasteiger partial charge in [0.25, 0.3) is 0 Å². The van der Waals surface area contributed by atoms with E-state index in [1.54, 1.807) is 4.68 Å². The molecule has 228 valence electrons. The Labute approximate surface area is 278 Å². The minimum absolute atomic E-state index is 0.0663. The van der Waals surface area contributed by atoms with Gasteiger partial charge in [0.2, 0.25) is 11.1 Å². The molecular formula is C32H29BrCl2N4O4S. The molecule has 8 nitrogen and oxygen atoms in total. The van der Waals surface area contributed by atoms with Crippen LogP contribution in [-0.2, 0) is 21.9 Å². The fraction of sp³-hybridized carbons (Fsp3) is 0.219. The number of hydrogen-bond donors (Lipinski definition) is 1. The molecule has 0 saturated carbocycles. The average Bonchev–Trinajstić information content (AvgIpc) is 3.41. The molecule has 1 N–H and O–H groups in total. The van der Waals surface area contributed by atoms with Gasteiger partial charge in [0.15, 0.2) is 11.5 Å².